The highest BCUT2D eigenvalue weighted by atomic mass is 79.9. The maximum atomic E-state index is 5.94. The molecule has 3 aromatic rings. The predicted molar refractivity (Wildman–Crippen MR) is 89.5 cm³/mol. The highest BCUT2D eigenvalue weighted by Gasteiger charge is 2.13. The normalized spacial score (nSPS) is 11.0. The van der Waals surface area contributed by atoms with E-state index in [1.165, 1.54) is 0 Å². The third-order valence-electron chi connectivity index (χ3n) is 3.45. The van der Waals surface area contributed by atoms with E-state index in [-0.39, 0.29) is 0 Å². The summed E-state index contributed by atoms with van der Waals surface area (Å²) in [6, 6.07) is 11.8. The van der Waals surface area contributed by atoms with E-state index in [0.717, 1.165) is 39.2 Å². The molecule has 0 saturated carbocycles. The van der Waals surface area contributed by atoms with Crippen LogP contribution in [0.1, 0.15) is 6.92 Å². The maximum absolute atomic E-state index is 5.94. The van der Waals surface area contributed by atoms with Gasteiger partial charge in [0.05, 0.1) is 18.1 Å². The minimum atomic E-state index is 0.715. The molecule has 0 aliphatic rings. The molecule has 0 saturated heterocycles. The average molecular weight is 346 g/mol. The summed E-state index contributed by atoms with van der Waals surface area (Å²) in [6.45, 7) is 2.95. The predicted octanol–water partition coefficient (Wildman–Crippen LogP) is 4.08. The van der Waals surface area contributed by atoms with Crippen LogP contribution in [0.4, 0.5) is 5.69 Å². The Balaban J connectivity index is 2.26. The van der Waals surface area contributed by atoms with Gasteiger partial charge in [0, 0.05) is 28.3 Å². The monoisotopic (exact) mass is 345 g/mol. The number of fused-ring (bicyclic) bond motifs is 1. The minimum absolute atomic E-state index is 0.715. The van der Waals surface area contributed by atoms with Crippen molar-refractivity contribution in [2.24, 2.45) is 0 Å². The lowest BCUT2D eigenvalue weighted by molar-refractivity contribution is 0.415. The van der Waals surface area contributed by atoms with Gasteiger partial charge in [-0.25, -0.2) is 4.98 Å². The number of anilines is 1. The van der Waals surface area contributed by atoms with Gasteiger partial charge in [0.2, 0.25) is 0 Å². The summed E-state index contributed by atoms with van der Waals surface area (Å²) in [6.07, 6.45) is 0. The number of methoxy groups -OCH3 is 1. The second kappa shape index (κ2) is 5.41. The molecule has 0 unspecified atom stereocenters. The molecule has 5 heteroatoms. The van der Waals surface area contributed by atoms with Gasteiger partial charge in [-0.1, -0.05) is 15.9 Å². The number of hydrogen-bond acceptors (Lipinski definition) is 3. The number of nitrogen functional groups attached to an aromatic ring is 1. The van der Waals surface area contributed by atoms with Crippen LogP contribution in [0.5, 0.6) is 5.75 Å². The largest absolute Gasteiger partial charge is 0.497 e. The van der Waals surface area contributed by atoms with E-state index in [2.05, 4.69) is 27.4 Å². The molecule has 0 spiro atoms. The molecule has 21 heavy (non-hydrogen) atoms. The lowest BCUT2D eigenvalue weighted by Gasteiger charge is -2.07. The second-order valence-electron chi connectivity index (χ2n) is 4.81. The van der Waals surface area contributed by atoms with E-state index >= 15 is 0 Å². The Kier molecular flexibility index (Phi) is 3.59. The van der Waals surface area contributed by atoms with Crippen molar-refractivity contribution < 1.29 is 4.74 Å². The van der Waals surface area contributed by atoms with E-state index < -0.39 is 0 Å². The number of halogens is 1. The van der Waals surface area contributed by atoms with E-state index in [0.29, 0.717) is 5.69 Å². The molecular weight excluding hydrogens is 330 g/mol. The minimum Gasteiger partial charge on any atom is -0.497 e. The van der Waals surface area contributed by atoms with Gasteiger partial charge in [0.25, 0.3) is 0 Å². The van der Waals surface area contributed by atoms with Crippen LogP contribution in [0.2, 0.25) is 0 Å². The molecule has 0 aliphatic carbocycles. The van der Waals surface area contributed by atoms with Crippen LogP contribution in [0.15, 0.2) is 40.9 Å². The summed E-state index contributed by atoms with van der Waals surface area (Å²) in [5, 5.41) is 0. The van der Waals surface area contributed by atoms with Crippen LogP contribution in [0, 0.1) is 0 Å². The molecule has 1 aromatic heterocycles. The Hall–Kier alpha value is -2.01. The summed E-state index contributed by atoms with van der Waals surface area (Å²) in [5.74, 6) is 1.72. The molecule has 4 nitrogen and oxygen atoms in total. The van der Waals surface area contributed by atoms with Crippen molar-refractivity contribution in [2.45, 2.75) is 13.5 Å². The molecule has 3 rings (SSSR count). The zero-order chi connectivity index (χ0) is 15.0. The fourth-order valence-corrected chi connectivity index (χ4v) is 3.03. The maximum Gasteiger partial charge on any atom is 0.141 e. The molecule has 2 aromatic carbocycles. The van der Waals surface area contributed by atoms with Crippen molar-refractivity contribution >= 4 is 32.7 Å². The van der Waals surface area contributed by atoms with E-state index in [9.17, 15) is 0 Å². The number of imidazole rings is 1. The fourth-order valence-electron chi connectivity index (χ4n) is 2.52. The zero-order valence-electron chi connectivity index (χ0n) is 11.9. The molecule has 0 atom stereocenters. The molecular formula is C16H16BrN3O. The number of aryl methyl sites for hydroxylation is 1. The molecule has 0 fully saturated rings. The van der Waals surface area contributed by atoms with Gasteiger partial charge in [-0.05, 0) is 37.3 Å². The molecule has 0 bridgehead atoms. The summed E-state index contributed by atoms with van der Waals surface area (Å²) >= 11 is 3.49. The van der Waals surface area contributed by atoms with Crippen LogP contribution in [0.25, 0.3) is 22.4 Å². The summed E-state index contributed by atoms with van der Waals surface area (Å²) in [5.41, 5.74) is 9.67. The molecule has 0 amide bonds. The van der Waals surface area contributed by atoms with Gasteiger partial charge in [-0.15, -0.1) is 0 Å². The third-order valence-corrected chi connectivity index (χ3v) is 3.91. The average Bonchev–Trinajstić information content (AvgIpc) is 2.83. The Labute approximate surface area is 131 Å². The van der Waals surface area contributed by atoms with Gasteiger partial charge in [-0.3, -0.25) is 0 Å². The van der Waals surface area contributed by atoms with Crippen molar-refractivity contribution in [1.29, 1.82) is 0 Å². The van der Waals surface area contributed by atoms with Crippen molar-refractivity contribution in [3.63, 3.8) is 0 Å². The van der Waals surface area contributed by atoms with Crippen molar-refractivity contribution in [3.8, 4) is 17.1 Å². The number of hydrogen-bond donors (Lipinski definition) is 1. The quantitative estimate of drug-likeness (QED) is 0.727. The number of nitrogens with two attached hydrogens (primary N) is 1. The lowest BCUT2D eigenvalue weighted by Crippen LogP contribution is -1.98. The Morgan fingerprint density at radius 2 is 2.05 bits per heavy atom. The molecule has 108 valence electrons. The first kappa shape index (κ1) is 13.9. The van der Waals surface area contributed by atoms with E-state index in [4.69, 9.17) is 15.5 Å². The van der Waals surface area contributed by atoms with Gasteiger partial charge >= 0.3 is 0 Å². The number of rotatable bonds is 3. The Bertz CT molecular complexity index is 790. The lowest BCUT2D eigenvalue weighted by atomic mass is 10.2. The first-order valence-corrected chi connectivity index (χ1v) is 7.52. The highest BCUT2D eigenvalue weighted by molar-refractivity contribution is 9.10. The molecule has 0 aliphatic heterocycles. The number of ether oxygens (including phenoxy) is 1. The number of aromatic nitrogens is 2. The van der Waals surface area contributed by atoms with Crippen molar-refractivity contribution in [3.05, 3.63) is 40.9 Å². The van der Waals surface area contributed by atoms with Crippen molar-refractivity contribution in [1.82, 2.24) is 9.55 Å². The Morgan fingerprint density at radius 1 is 1.24 bits per heavy atom. The molecule has 0 radical (unpaired) electrons. The van der Waals surface area contributed by atoms with Crippen molar-refractivity contribution in [2.75, 3.05) is 12.8 Å². The Morgan fingerprint density at radius 3 is 2.71 bits per heavy atom. The summed E-state index contributed by atoms with van der Waals surface area (Å²) in [7, 11) is 1.66. The molecule has 2 N–H and O–H groups in total. The first-order valence-electron chi connectivity index (χ1n) is 6.73. The zero-order valence-corrected chi connectivity index (χ0v) is 13.5. The number of benzene rings is 2. The number of nitrogens with zero attached hydrogens (tertiary/aromatic N) is 2. The molecule has 1 heterocycles. The summed E-state index contributed by atoms with van der Waals surface area (Å²) < 4.78 is 8.40. The van der Waals surface area contributed by atoms with Gasteiger partial charge < -0.3 is 15.0 Å². The smallest absolute Gasteiger partial charge is 0.141 e. The standard InChI is InChI=1S/C16H16BrN3O/c1-3-20-15-5-4-13(21-2)9-14(15)19-16(20)10-6-11(17)8-12(18)7-10/h4-9H,3,18H2,1-2H3. The van der Waals surface area contributed by atoms with Gasteiger partial charge in [0.1, 0.15) is 11.6 Å². The topological polar surface area (TPSA) is 53.1 Å². The van der Waals surface area contributed by atoms with E-state index in [1.54, 1.807) is 7.11 Å². The van der Waals surface area contributed by atoms with Crippen LogP contribution in [-0.4, -0.2) is 16.7 Å². The van der Waals surface area contributed by atoms with Gasteiger partial charge in [0.15, 0.2) is 0 Å². The van der Waals surface area contributed by atoms with Crippen LogP contribution in [-0.2, 0) is 6.54 Å². The van der Waals surface area contributed by atoms with E-state index in [1.807, 2.05) is 36.4 Å². The van der Waals surface area contributed by atoms with Crippen LogP contribution < -0.4 is 10.5 Å². The van der Waals surface area contributed by atoms with Gasteiger partial charge in [-0.2, -0.15) is 0 Å². The summed E-state index contributed by atoms with van der Waals surface area (Å²) in [4.78, 5) is 4.75. The second-order valence-corrected chi connectivity index (χ2v) is 5.72. The first-order chi connectivity index (χ1) is 10.1. The SMILES string of the molecule is CCn1c(-c2cc(N)cc(Br)c2)nc2cc(OC)ccc21. The third kappa shape index (κ3) is 2.49. The van der Waals surface area contributed by atoms with Crippen LogP contribution >= 0.6 is 15.9 Å². The fraction of sp³-hybridized carbons (Fsp3) is 0.188. The highest BCUT2D eigenvalue weighted by Crippen LogP contribution is 2.30. The van der Waals surface area contributed by atoms with Crippen LogP contribution in [0.3, 0.4) is 0 Å².